The number of halogens is 1. The van der Waals surface area contributed by atoms with E-state index in [1.54, 1.807) is 24.3 Å². The Hall–Kier alpha value is -2.26. The van der Waals surface area contributed by atoms with Crippen molar-refractivity contribution in [3.8, 4) is 0 Å². The van der Waals surface area contributed by atoms with Crippen molar-refractivity contribution in [2.75, 3.05) is 5.32 Å². The minimum atomic E-state index is -0.256. The normalized spacial score (nSPS) is 11.2. The first-order valence-electron chi connectivity index (χ1n) is 7.55. The summed E-state index contributed by atoms with van der Waals surface area (Å²) in [5.41, 5.74) is 3.64. The number of carbonyl (C=O) groups excluding carboxylic acids is 1. The Kier molecular flexibility index (Phi) is 4.14. The van der Waals surface area contributed by atoms with Crippen molar-refractivity contribution in [3.63, 3.8) is 0 Å². The van der Waals surface area contributed by atoms with E-state index in [0.717, 1.165) is 22.2 Å². The van der Waals surface area contributed by atoms with Crippen LogP contribution in [0.25, 0.3) is 11.0 Å². The molecule has 23 heavy (non-hydrogen) atoms. The lowest BCUT2D eigenvalue weighted by Crippen LogP contribution is -2.14. The predicted molar refractivity (Wildman–Crippen MR) is 94.4 cm³/mol. The van der Waals surface area contributed by atoms with Crippen LogP contribution in [0.5, 0.6) is 0 Å². The predicted octanol–water partition coefficient (Wildman–Crippen LogP) is 5.77. The average molecular weight is 328 g/mol. The van der Waals surface area contributed by atoms with Crippen LogP contribution in [0, 0.1) is 6.92 Å². The quantitative estimate of drug-likeness (QED) is 0.663. The Bertz CT molecular complexity index is 880. The number of para-hydroxylation sites is 1. The molecule has 0 aliphatic rings. The molecular formula is C19H18ClNO2. The van der Waals surface area contributed by atoms with Gasteiger partial charge in [0, 0.05) is 16.1 Å². The van der Waals surface area contributed by atoms with Crippen LogP contribution >= 0.6 is 11.6 Å². The highest BCUT2D eigenvalue weighted by molar-refractivity contribution is 6.31. The van der Waals surface area contributed by atoms with Crippen LogP contribution < -0.4 is 5.32 Å². The smallest absolute Gasteiger partial charge is 0.291 e. The number of amides is 1. The molecule has 118 valence electrons. The maximum absolute atomic E-state index is 12.6. The van der Waals surface area contributed by atoms with E-state index < -0.39 is 0 Å². The Morgan fingerprint density at radius 1 is 1.17 bits per heavy atom. The standard InChI is InChI=1S/C19H18ClNO2/c1-11(2)15-6-4-5-12(3)18(15)21-19(22)17-10-13-9-14(20)7-8-16(13)23-17/h4-11H,1-3H3,(H,21,22). The molecular weight excluding hydrogens is 310 g/mol. The third-order valence-electron chi connectivity index (χ3n) is 3.87. The Labute approximate surface area is 140 Å². The second kappa shape index (κ2) is 6.09. The number of aryl methyl sites for hydroxylation is 1. The lowest BCUT2D eigenvalue weighted by atomic mass is 9.98. The minimum Gasteiger partial charge on any atom is -0.451 e. The molecule has 1 amide bonds. The van der Waals surface area contributed by atoms with E-state index in [4.69, 9.17) is 16.0 Å². The molecule has 2 aromatic carbocycles. The van der Waals surface area contributed by atoms with Crippen molar-refractivity contribution < 1.29 is 9.21 Å². The largest absolute Gasteiger partial charge is 0.451 e. The molecule has 0 bridgehead atoms. The zero-order chi connectivity index (χ0) is 16.6. The molecule has 0 saturated carbocycles. The lowest BCUT2D eigenvalue weighted by molar-refractivity contribution is 0.0998. The van der Waals surface area contributed by atoms with Crippen molar-refractivity contribution in [2.45, 2.75) is 26.7 Å². The van der Waals surface area contributed by atoms with Gasteiger partial charge in [-0.15, -0.1) is 0 Å². The third kappa shape index (κ3) is 3.10. The van der Waals surface area contributed by atoms with Gasteiger partial charge in [-0.2, -0.15) is 0 Å². The molecule has 0 aliphatic heterocycles. The Balaban J connectivity index is 1.95. The number of fused-ring (bicyclic) bond motifs is 1. The van der Waals surface area contributed by atoms with Gasteiger partial charge in [-0.05, 0) is 48.2 Å². The molecule has 1 heterocycles. The molecule has 3 nitrogen and oxygen atoms in total. The van der Waals surface area contributed by atoms with E-state index in [1.165, 1.54) is 0 Å². The summed E-state index contributed by atoms with van der Waals surface area (Å²) < 4.78 is 5.63. The molecule has 0 radical (unpaired) electrons. The number of hydrogen-bond acceptors (Lipinski definition) is 2. The minimum absolute atomic E-state index is 0.256. The van der Waals surface area contributed by atoms with Crippen LogP contribution in [0.3, 0.4) is 0 Å². The first kappa shape index (κ1) is 15.6. The molecule has 3 aromatic rings. The molecule has 0 unspecified atom stereocenters. The summed E-state index contributed by atoms with van der Waals surface area (Å²) in [6.45, 7) is 6.20. The molecule has 0 saturated heterocycles. The summed E-state index contributed by atoms with van der Waals surface area (Å²) in [6, 6.07) is 13.0. The first-order chi connectivity index (χ1) is 11.0. The van der Waals surface area contributed by atoms with Gasteiger partial charge < -0.3 is 9.73 Å². The van der Waals surface area contributed by atoms with Gasteiger partial charge in [0.15, 0.2) is 5.76 Å². The van der Waals surface area contributed by atoms with Gasteiger partial charge in [0.2, 0.25) is 0 Å². The van der Waals surface area contributed by atoms with Crippen LogP contribution in [0.1, 0.15) is 41.4 Å². The second-order valence-electron chi connectivity index (χ2n) is 5.94. The zero-order valence-electron chi connectivity index (χ0n) is 13.3. The van der Waals surface area contributed by atoms with E-state index in [0.29, 0.717) is 16.5 Å². The first-order valence-corrected chi connectivity index (χ1v) is 7.93. The van der Waals surface area contributed by atoms with E-state index in [1.807, 2.05) is 25.1 Å². The molecule has 0 fully saturated rings. The van der Waals surface area contributed by atoms with Crippen molar-refractivity contribution in [1.29, 1.82) is 0 Å². The number of rotatable bonds is 3. The number of hydrogen-bond donors (Lipinski definition) is 1. The zero-order valence-corrected chi connectivity index (χ0v) is 14.1. The number of nitrogens with one attached hydrogen (secondary N) is 1. The summed E-state index contributed by atoms with van der Waals surface area (Å²) in [7, 11) is 0. The van der Waals surface area contributed by atoms with Crippen molar-refractivity contribution >= 4 is 34.2 Å². The van der Waals surface area contributed by atoms with Crippen LogP contribution in [-0.4, -0.2) is 5.91 Å². The summed E-state index contributed by atoms with van der Waals surface area (Å²) in [6.07, 6.45) is 0. The lowest BCUT2D eigenvalue weighted by Gasteiger charge is -2.15. The van der Waals surface area contributed by atoms with E-state index in [9.17, 15) is 4.79 Å². The average Bonchev–Trinajstić information content (AvgIpc) is 2.92. The van der Waals surface area contributed by atoms with Crippen molar-refractivity contribution in [2.24, 2.45) is 0 Å². The molecule has 1 aromatic heterocycles. The fourth-order valence-corrected chi connectivity index (χ4v) is 2.82. The molecule has 4 heteroatoms. The monoisotopic (exact) mass is 327 g/mol. The van der Waals surface area contributed by atoms with Crippen LogP contribution in [-0.2, 0) is 0 Å². The third-order valence-corrected chi connectivity index (χ3v) is 4.10. The van der Waals surface area contributed by atoms with Gasteiger partial charge in [0.05, 0.1) is 0 Å². The maximum Gasteiger partial charge on any atom is 0.291 e. The summed E-state index contributed by atoms with van der Waals surface area (Å²) in [5.74, 6) is 0.341. The van der Waals surface area contributed by atoms with Crippen LogP contribution in [0.15, 0.2) is 46.9 Å². The molecule has 3 rings (SSSR count). The second-order valence-corrected chi connectivity index (χ2v) is 6.38. The highest BCUT2D eigenvalue weighted by Gasteiger charge is 2.16. The number of furan rings is 1. The van der Waals surface area contributed by atoms with Gasteiger partial charge in [-0.25, -0.2) is 0 Å². The Morgan fingerprint density at radius 3 is 2.70 bits per heavy atom. The molecule has 1 N–H and O–H groups in total. The van der Waals surface area contributed by atoms with E-state index >= 15 is 0 Å². The van der Waals surface area contributed by atoms with Gasteiger partial charge in [0.25, 0.3) is 5.91 Å². The highest BCUT2D eigenvalue weighted by atomic mass is 35.5. The summed E-state index contributed by atoms with van der Waals surface area (Å²) in [4.78, 5) is 12.6. The van der Waals surface area contributed by atoms with Crippen LogP contribution in [0.2, 0.25) is 5.02 Å². The van der Waals surface area contributed by atoms with E-state index in [-0.39, 0.29) is 11.7 Å². The highest BCUT2D eigenvalue weighted by Crippen LogP contribution is 2.29. The summed E-state index contributed by atoms with van der Waals surface area (Å²) in [5, 5.41) is 4.42. The molecule has 0 spiro atoms. The number of carbonyl (C=O) groups is 1. The fourth-order valence-electron chi connectivity index (χ4n) is 2.64. The SMILES string of the molecule is Cc1cccc(C(C)C)c1NC(=O)c1cc2cc(Cl)ccc2o1. The molecule has 0 atom stereocenters. The summed E-state index contributed by atoms with van der Waals surface area (Å²) >= 11 is 5.97. The number of benzene rings is 2. The van der Waals surface area contributed by atoms with Crippen molar-refractivity contribution in [3.05, 3.63) is 64.4 Å². The molecule has 0 aliphatic carbocycles. The van der Waals surface area contributed by atoms with Gasteiger partial charge in [-0.1, -0.05) is 43.6 Å². The fraction of sp³-hybridized carbons (Fsp3) is 0.211. The maximum atomic E-state index is 12.6. The van der Waals surface area contributed by atoms with Crippen molar-refractivity contribution in [1.82, 2.24) is 0 Å². The Morgan fingerprint density at radius 2 is 1.96 bits per heavy atom. The van der Waals surface area contributed by atoms with Gasteiger partial charge >= 0.3 is 0 Å². The van der Waals surface area contributed by atoms with Crippen LogP contribution in [0.4, 0.5) is 5.69 Å². The van der Waals surface area contributed by atoms with E-state index in [2.05, 4.69) is 19.2 Å². The number of anilines is 1. The topological polar surface area (TPSA) is 42.2 Å². The van der Waals surface area contributed by atoms with Gasteiger partial charge in [0.1, 0.15) is 5.58 Å². The van der Waals surface area contributed by atoms with Gasteiger partial charge in [-0.3, -0.25) is 4.79 Å².